The minimum Gasteiger partial charge on any atom is -0.456 e. The average Bonchev–Trinajstić information content (AvgIpc) is 3.53. The molecule has 230 valence electrons. The van der Waals surface area contributed by atoms with Crippen molar-refractivity contribution in [2.45, 2.75) is 0 Å². The number of hydrogen-bond acceptors (Lipinski definition) is 1. The maximum Gasteiger partial charge on any atom is 0.139 e. The maximum absolute atomic E-state index is 6.44. The summed E-state index contributed by atoms with van der Waals surface area (Å²) in [6.07, 6.45) is 0. The fourth-order valence-electron chi connectivity index (χ4n) is 8.21. The Morgan fingerprint density at radius 3 is 1.28 bits per heavy atom. The predicted molar refractivity (Wildman–Crippen MR) is 231 cm³/mol. The van der Waals surface area contributed by atoms with E-state index in [9.17, 15) is 0 Å². The zero-order valence-corrected chi connectivity index (χ0v) is 29.2. The summed E-state index contributed by atoms with van der Waals surface area (Å²) in [5.41, 5.74) is 18.6. The Balaban J connectivity index is 1.27. The zero-order valence-electron chi connectivity index (χ0n) is 29.2. The van der Waals surface area contributed by atoms with Gasteiger partial charge in [0.2, 0.25) is 0 Å². The van der Waals surface area contributed by atoms with E-state index in [0.717, 1.165) is 21.9 Å². The van der Waals surface area contributed by atoms with Crippen LogP contribution in [0.5, 0.6) is 0 Å². The highest BCUT2D eigenvalue weighted by Crippen LogP contribution is 2.44. The van der Waals surface area contributed by atoms with E-state index in [0.29, 0.717) is 0 Å². The summed E-state index contributed by atoms with van der Waals surface area (Å²) in [6.45, 7) is 0. The molecule has 0 spiro atoms. The highest BCUT2D eigenvalue weighted by Gasteiger charge is 2.21. The highest BCUT2D eigenvalue weighted by molar-refractivity contribution is 6.69. The number of fused-ring (bicyclic) bond motifs is 5. The van der Waals surface area contributed by atoms with Crippen LogP contribution in [0.3, 0.4) is 0 Å². The molecule has 0 unspecified atom stereocenters. The van der Waals surface area contributed by atoms with Gasteiger partial charge in [0.05, 0.1) is 0 Å². The molecule has 1 nitrogen and oxygen atoms in total. The molecule has 0 bridgehead atoms. The molecule has 0 aliphatic rings. The minimum absolute atomic E-state index is 0.904. The molecule has 0 saturated carbocycles. The molecule has 1 heterocycles. The van der Waals surface area contributed by atoms with E-state index in [1.807, 2.05) is 0 Å². The molecule has 9 aromatic rings. The predicted octanol–water partition coefficient (Wildman–Crippen LogP) is 3.85. The third-order valence-electron chi connectivity index (χ3n) is 11.2. The summed E-state index contributed by atoms with van der Waals surface area (Å²) < 4.78 is 6.44. The van der Waals surface area contributed by atoms with E-state index >= 15 is 0 Å². The molecule has 0 fully saturated rings. The maximum atomic E-state index is 6.44. The van der Waals surface area contributed by atoms with Crippen LogP contribution in [-0.2, 0) is 0 Å². The summed E-state index contributed by atoms with van der Waals surface area (Å²) in [5.74, 6) is 0. The Morgan fingerprint density at radius 2 is 0.700 bits per heavy atom. The molecule has 1 aromatic heterocycles. The first kappa shape index (κ1) is 30.5. The average molecular weight is 632 g/mol. The van der Waals surface area contributed by atoms with Crippen LogP contribution in [0.4, 0.5) is 0 Å². The van der Waals surface area contributed by atoms with Crippen molar-refractivity contribution in [1.29, 1.82) is 0 Å². The lowest BCUT2D eigenvalue weighted by atomic mass is 9.59. The van der Waals surface area contributed by atoms with Crippen molar-refractivity contribution in [3.05, 3.63) is 140 Å². The number of hydrogen-bond donors (Lipinski definition) is 0. The third kappa shape index (κ3) is 4.70. The van der Waals surface area contributed by atoms with Crippen LogP contribution in [0.15, 0.2) is 144 Å². The Labute approximate surface area is 297 Å². The van der Waals surface area contributed by atoms with Crippen molar-refractivity contribution in [3.63, 3.8) is 0 Å². The summed E-state index contributed by atoms with van der Waals surface area (Å²) in [6, 6.07) is 50.7. The van der Waals surface area contributed by atoms with E-state index in [4.69, 9.17) is 4.42 Å². The molecule has 6 heteroatoms. The summed E-state index contributed by atoms with van der Waals surface area (Å²) in [7, 11) is 11.4. The van der Waals surface area contributed by atoms with Crippen LogP contribution >= 0.6 is 0 Å². The van der Waals surface area contributed by atoms with Gasteiger partial charge in [-0.1, -0.05) is 120 Å². The summed E-state index contributed by atoms with van der Waals surface area (Å²) >= 11 is 0. The van der Waals surface area contributed by atoms with Gasteiger partial charge in [0.15, 0.2) is 0 Å². The third-order valence-corrected chi connectivity index (χ3v) is 11.2. The second kappa shape index (κ2) is 11.8. The van der Waals surface area contributed by atoms with E-state index < -0.39 is 0 Å². The number of rotatable bonds is 4. The molecular weight excluding hydrogens is 599 g/mol. The smallest absolute Gasteiger partial charge is 0.139 e. The first-order valence-corrected chi connectivity index (χ1v) is 17.5. The lowest BCUT2D eigenvalue weighted by molar-refractivity contribution is 0.669. The lowest BCUT2D eigenvalue weighted by Crippen LogP contribution is -2.55. The monoisotopic (exact) mass is 632 g/mol. The van der Waals surface area contributed by atoms with Crippen LogP contribution in [0.2, 0.25) is 0 Å². The fraction of sp³-hybridized carbons (Fsp3) is 0. The molecule has 50 heavy (non-hydrogen) atoms. The molecule has 0 N–H and O–H groups in total. The van der Waals surface area contributed by atoms with Gasteiger partial charge < -0.3 is 4.42 Å². The standard InChI is InChI=1S/C44H33B5O/c45-40-39(41(46)43(48)44(49)42(40)47)38-31-15-6-4-13-29(31)37(30-14-5-7-16-32(30)38)28-18-20-36-34(23-28)33-22-27(17-19-35(33)50-36)26-12-8-11-25(21-26)24-9-2-1-3-10-24/h1-23H,45-49H2. The van der Waals surface area contributed by atoms with Gasteiger partial charge in [-0.3, -0.25) is 0 Å². The Kier molecular flexibility index (Phi) is 7.18. The van der Waals surface area contributed by atoms with Gasteiger partial charge in [-0.25, -0.2) is 0 Å². The minimum atomic E-state index is 0.904. The Hall–Kier alpha value is -5.60. The molecule has 0 aliphatic heterocycles. The van der Waals surface area contributed by atoms with Crippen molar-refractivity contribution < 1.29 is 4.42 Å². The van der Waals surface area contributed by atoms with Crippen molar-refractivity contribution in [2.24, 2.45) is 0 Å². The summed E-state index contributed by atoms with van der Waals surface area (Å²) in [4.78, 5) is 0. The SMILES string of the molecule is Bc1c(B)c(B)c(-c2c3ccccc3c(-c3ccc4oc5ccc(-c6cccc(-c7ccccc7)c6)cc5c4c3)c3ccccc23)c(B)c1B. The van der Waals surface area contributed by atoms with Crippen LogP contribution in [0, 0.1) is 0 Å². The van der Waals surface area contributed by atoms with Crippen LogP contribution in [0.1, 0.15) is 0 Å². The second-order valence-corrected chi connectivity index (χ2v) is 13.8. The number of benzene rings is 8. The molecule has 0 radical (unpaired) electrons. The van der Waals surface area contributed by atoms with Gasteiger partial charge in [0.1, 0.15) is 50.4 Å². The fourth-order valence-corrected chi connectivity index (χ4v) is 8.21. The molecule has 8 aromatic carbocycles. The van der Waals surface area contributed by atoms with Crippen molar-refractivity contribution in [1.82, 2.24) is 0 Å². The van der Waals surface area contributed by atoms with E-state index in [1.54, 1.807) is 0 Å². The Bertz CT molecular complexity index is 2730. The van der Waals surface area contributed by atoms with Crippen molar-refractivity contribution in [2.75, 3.05) is 0 Å². The van der Waals surface area contributed by atoms with Gasteiger partial charge in [-0.2, -0.15) is 0 Å². The quantitative estimate of drug-likeness (QED) is 0.213. The van der Waals surface area contributed by atoms with E-state index in [1.165, 1.54) is 93.4 Å². The van der Waals surface area contributed by atoms with Gasteiger partial charge in [0, 0.05) is 10.8 Å². The van der Waals surface area contributed by atoms with Gasteiger partial charge >= 0.3 is 0 Å². The van der Waals surface area contributed by atoms with Gasteiger partial charge in [-0.05, 0) is 96.4 Å². The van der Waals surface area contributed by atoms with Crippen molar-refractivity contribution >= 4 is 110 Å². The zero-order chi connectivity index (χ0) is 34.1. The van der Waals surface area contributed by atoms with Crippen LogP contribution in [-0.4, -0.2) is 39.2 Å². The van der Waals surface area contributed by atoms with E-state index in [2.05, 4.69) is 179 Å². The molecule has 0 amide bonds. The molecule has 0 atom stereocenters. The van der Waals surface area contributed by atoms with Gasteiger partial charge in [0.25, 0.3) is 0 Å². The largest absolute Gasteiger partial charge is 0.456 e. The van der Waals surface area contributed by atoms with Crippen molar-refractivity contribution in [3.8, 4) is 44.5 Å². The topological polar surface area (TPSA) is 13.1 Å². The number of furan rings is 1. The van der Waals surface area contributed by atoms with Gasteiger partial charge in [-0.15, -0.1) is 16.4 Å². The normalized spacial score (nSPS) is 11.6. The Morgan fingerprint density at radius 1 is 0.280 bits per heavy atom. The van der Waals surface area contributed by atoms with E-state index in [-0.39, 0.29) is 0 Å². The molecular formula is C44H33B5O. The molecule has 0 aliphatic carbocycles. The lowest BCUT2D eigenvalue weighted by Gasteiger charge is -2.24. The second-order valence-electron chi connectivity index (χ2n) is 13.8. The van der Waals surface area contributed by atoms with Crippen LogP contribution < -0.4 is 27.3 Å². The first-order chi connectivity index (χ1) is 24.4. The highest BCUT2D eigenvalue weighted by atomic mass is 16.3. The van der Waals surface area contributed by atoms with Crippen LogP contribution in [0.25, 0.3) is 88.0 Å². The molecule has 9 rings (SSSR count). The molecule has 0 saturated heterocycles. The first-order valence-electron chi connectivity index (χ1n) is 17.5. The summed E-state index contributed by atoms with van der Waals surface area (Å²) in [5, 5.41) is 7.36.